The van der Waals surface area contributed by atoms with Gasteiger partial charge in [-0.05, 0) is 40.7 Å². The predicted octanol–water partition coefficient (Wildman–Crippen LogP) is 5.08. The highest BCUT2D eigenvalue weighted by molar-refractivity contribution is 5.61. The van der Waals surface area contributed by atoms with Gasteiger partial charge in [-0.1, -0.05) is 63.2 Å². The van der Waals surface area contributed by atoms with Crippen LogP contribution in [0.15, 0.2) is 60.8 Å². The lowest BCUT2D eigenvalue weighted by atomic mass is 9.86. The Morgan fingerprint density at radius 2 is 1.67 bits per heavy atom. The van der Waals surface area contributed by atoms with Crippen molar-refractivity contribution in [3.63, 3.8) is 0 Å². The summed E-state index contributed by atoms with van der Waals surface area (Å²) in [6.45, 7) is 8.53. The molecule has 1 N–H and O–H groups in total. The molecule has 0 unspecified atom stereocenters. The van der Waals surface area contributed by atoms with Gasteiger partial charge in [0.2, 0.25) is 5.95 Å². The predicted molar refractivity (Wildman–Crippen MR) is 112 cm³/mol. The molecule has 0 atom stereocenters. The van der Waals surface area contributed by atoms with Gasteiger partial charge in [0.1, 0.15) is 5.82 Å². The average Bonchev–Trinajstić information content (AvgIpc) is 2.67. The highest BCUT2D eigenvalue weighted by Crippen LogP contribution is 2.31. The Morgan fingerprint density at radius 3 is 2.48 bits per heavy atom. The summed E-state index contributed by atoms with van der Waals surface area (Å²) < 4.78 is 0. The van der Waals surface area contributed by atoms with Gasteiger partial charge in [-0.3, -0.25) is 0 Å². The number of anilines is 3. The van der Waals surface area contributed by atoms with Crippen LogP contribution in [0.25, 0.3) is 0 Å². The van der Waals surface area contributed by atoms with Gasteiger partial charge in [-0.25, -0.2) is 4.98 Å². The first-order valence-electron chi connectivity index (χ1n) is 9.52. The van der Waals surface area contributed by atoms with Crippen LogP contribution < -0.4 is 10.2 Å². The number of rotatable bonds is 3. The van der Waals surface area contributed by atoms with Gasteiger partial charge in [0.25, 0.3) is 0 Å². The van der Waals surface area contributed by atoms with Crippen molar-refractivity contribution in [2.75, 3.05) is 16.8 Å². The summed E-state index contributed by atoms with van der Waals surface area (Å²) in [5.41, 5.74) is 5.20. The number of hydrogen-bond donors (Lipinski definition) is 1. The molecule has 138 valence electrons. The molecule has 4 rings (SSSR count). The summed E-state index contributed by atoms with van der Waals surface area (Å²) in [7, 11) is 0. The van der Waals surface area contributed by atoms with E-state index in [0.29, 0.717) is 5.95 Å². The summed E-state index contributed by atoms with van der Waals surface area (Å²) in [5, 5.41) is 3.43. The first-order valence-corrected chi connectivity index (χ1v) is 9.52. The maximum Gasteiger partial charge on any atom is 0.229 e. The van der Waals surface area contributed by atoms with Crippen molar-refractivity contribution in [3.8, 4) is 0 Å². The summed E-state index contributed by atoms with van der Waals surface area (Å²) in [5.74, 6) is 1.61. The number of nitrogens with zero attached hydrogens (tertiary/aromatic N) is 3. The molecule has 1 aromatic heterocycles. The molecule has 2 heterocycles. The first-order chi connectivity index (χ1) is 13.0. The average molecular weight is 358 g/mol. The van der Waals surface area contributed by atoms with Crippen LogP contribution in [0.2, 0.25) is 0 Å². The largest absolute Gasteiger partial charge is 0.352 e. The molecule has 0 saturated heterocycles. The molecular weight excluding hydrogens is 332 g/mol. The van der Waals surface area contributed by atoms with Gasteiger partial charge in [0.05, 0.1) is 0 Å². The van der Waals surface area contributed by atoms with Crippen molar-refractivity contribution in [2.45, 2.75) is 39.2 Å². The minimum atomic E-state index is 0.0534. The van der Waals surface area contributed by atoms with Crippen LogP contribution >= 0.6 is 0 Å². The van der Waals surface area contributed by atoms with Gasteiger partial charge < -0.3 is 10.2 Å². The van der Waals surface area contributed by atoms with Crippen LogP contribution in [0.3, 0.4) is 0 Å². The van der Waals surface area contributed by atoms with Crippen molar-refractivity contribution in [2.24, 2.45) is 0 Å². The summed E-state index contributed by atoms with van der Waals surface area (Å²) in [4.78, 5) is 11.6. The van der Waals surface area contributed by atoms with Crippen molar-refractivity contribution < 1.29 is 0 Å². The lowest BCUT2D eigenvalue weighted by molar-refractivity contribution is 0.592. The van der Waals surface area contributed by atoms with Gasteiger partial charge >= 0.3 is 0 Å². The fourth-order valence-corrected chi connectivity index (χ4v) is 3.64. The zero-order chi connectivity index (χ0) is 18.9. The van der Waals surface area contributed by atoms with E-state index in [1.165, 1.54) is 16.7 Å². The Morgan fingerprint density at radius 1 is 0.926 bits per heavy atom. The van der Waals surface area contributed by atoms with E-state index >= 15 is 0 Å². The quantitative estimate of drug-likeness (QED) is 0.709. The molecule has 0 spiro atoms. The van der Waals surface area contributed by atoms with E-state index in [9.17, 15) is 0 Å². The molecule has 0 saturated carbocycles. The fraction of sp³-hybridized carbons (Fsp3) is 0.304. The number of aromatic nitrogens is 2. The monoisotopic (exact) mass is 358 g/mol. The van der Waals surface area contributed by atoms with Gasteiger partial charge in [-0.15, -0.1) is 0 Å². The molecule has 1 aliphatic heterocycles. The van der Waals surface area contributed by atoms with Crippen molar-refractivity contribution in [3.05, 3.63) is 77.5 Å². The first kappa shape index (κ1) is 17.5. The van der Waals surface area contributed by atoms with Crippen molar-refractivity contribution in [1.82, 2.24) is 9.97 Å². The standard InChI is InChI=1S/C23H26N4/c1-23(2,3)19-10-6-7-11-20(19)25-22-24-14-12-21(26-22)27-15-13-17-8-4-5-9-18(17)16-27/h4-12,14H,13,15-16H2,1-3H3,(H,24,25,26). The lowest BCUT2D eigenvalue weighted by Gasteiger charge is -2.30. The summed E-state index contributed by atoms with van der Waals surface area (Å²) in [6, 6.07) is 19.0. The molecule has 0 bridgehead atoms. The van der Waals surface area contributed by atoms with Crippen LogP contribution in [-0.4, -0.2) is 16.5 Å². The second-order valence-electron chi connectivity index (χ2n) is 8.10. The number of benzene rings is 2. The molecule has 1 aliphatic rings. The van der Waals surface area contributed by atoms with Crippen LogP contribution in [0.1, 0.15) is 37.5 Å². The molecule has 0 amide bonds. The highest BCUT2D eigenvalue weighted by Gasteiger charge is 2.19. The summed E-state index contributed by atoms with van der Waals surface area (Å²) in [6.07, 6.45) is 2.89. The highest BCUT2D eigenvalue weighted by atomic mass is 15.2. The van der Waals surface area contributed by atoms with E-state index in [1.54, 1.807) is 0 Å². The number of hydrogen-bond acceptors (Lipinski definition) is 4. The fourth-order valence-electron chi connectivity index (χ4n) is 3.64. The number of nitrogens with one attached hydrogen (secondary N) is 1. The Bertz CT molecular complexity index is 943. The lowest BCUT2D eigenvalue weighted by Crippen LogP contribution is -2.31. The third kappa shape index (κ3) is 3.80. The molecular formula is C23H26N4. The molecule has 2 aromatic carbocycles. The Kier molecular flexibility index (Phi) is 4.56. The van der Waals surface area contributed by atoms with Gasteiger partial charge in [-0.2, -0.15) is 4.98 Å². The van der Waals surface area contributed by atoms with E-state index in [4.69, 9.17) is 4.98 Å². The van der Waals surface area contributed by atoms with E-state index in [1.807, 2.05) is 18.3 Å². The molecule has 0 fully saturated rings. The minimum Gasteiger partial charge on any atom is -0.352 e. The number of fused-ring (bicyclic) bond motifs is 1. The van der Waals surface area contributed by atoms with Crippen molar-refractivity contribution in [1.29, 1.82) is 0 Å². The zero-order valence-corrected chi connectivity index (χ0v) is 16.2. The third-order valence-corrected chi connectivity index (χ3v) is 5.08. The smallest absolute Gasteiger partial charge is 0.229 e. The molecule has 4 heteroatoms. The topological polar surface area (TPSA) is 41.1 Å². The summed E-state index contributed by atoms with van der Waals surface area (Å²) >= 11 is 0. The Hall–Kier alpha value is -2.88. The molecule has 4 nitrogen and oxygen atoms in total. The molecule has 27 heavy (non-hydrogen) atoms. The molecule has 0 radical (unpaired) electrons. The van der Waals surface area contributed by atoms with Crippen molar-refractivity contribution >= 4 is 17.5 Å². The van der Waals surface area contributed by atoms with E-state index < -0.39 is 0 Å². The third-order valence-electron chi connectivity index (χ3n) is 5.08. The van der Waals surface area contributed by atoms with Crippen LogP contribution in [0.4, 0.5) is 17.5 Å². The second kappa shape index (κ2) is 7.03. The number of para-hydroxylation sites is 1. The zero-order valence-electron chi connectivity index (χ0n) is 16.2. The van der Waals surface area contributed by atoms with E-state index in [2.05, 4.69) is 78.4 Å². The SMILES string of the molecule is CC(C)(C)c1ccccc1Nc1nccc(N2CCc3ccccc3C2)n1. The Balaban J connectivity index is 1.58. The van der Waals surface area contributed by atoms with E-state index in [-0.39, 0.29) is 5.41 Å². The normalized spacial score (nSPS) is 14.0. The van der Waals surface area contributed by atoms with Crippen LogP contribution in [0, 0.1) is 0 Å². The van der Waals surface area contributed by atoms with Crippen LogP contribution in [0.5, 0.6) is 0 Å². The molecule has 0 aliphatic carbocycles. The second-order valence-corrected chi connectivity index (χ2v) is 8.10. The van der Waals surface area contributed by atoms with Gasteiger partial charge in [0, 0.05) is 25.0 Å². The Labute approximate surface area is 161 Å². The minimum absolute atomic E-state index is 0.0534. The van der Waals surface area contributed by atoms with Gasteiger partial charge in [0.15, 0.2) is 0 Å². The maximum absolute atomic E-state index is 4.79. The maximum atomic E-state index is 4.79. The van der Waals surface area contributed by atoms with E-state index in [0.717, 1.165) is 31.0 Å². The van der Waals surface area contributed by atoms with Crippen LogP contribution in [-0.2, 0) is 18.4 Å². The molecule has 3 aromatic rings.